The fourth-order valence-corrected chi connectivity index (χ4v) is 4.28. The van der Waals surface area contributed by atoms with E-state index in [9.17, 15) is 8.42 Å². The molecular formula is C14H28N4O2S. The summed E-state index contributed by atoms with van der Waals surface area (Å²) >= 11 is 0. The molecule has 21 heavy (non-hydrogen) atoms. The Kier molecular flexibility index (Phi) is 6.83. The van der Waals surface area contributed by atoms with Crippen LogP contribution in [0.2, 0.25) is 0 Å². The normalized spacial score (nSPS) is 12.3. The average Bonchev–Trinajstić information content (AvgIpc) is 2.71. The molecule has 1 aromatic rings. The fourth-order valence-electron chi connectivity index (χ4n) is 2.45. The second kappa shape index (κ2) is 7.91. The standard InChI is InChI=1S/C14H28N4O2S/c1-6-9-15-10-11-18-13(5)14(12(4)16-18)21(19,20)17(7-2)8-3/h15H,6-11H2,1-5H3. The molecule has 1 aromatic heterocycles. The highest BCUT2D eigenvalue weighted by Crippen LogP contribution is 2.23. The maximum Gasteiger partial charge on any atom is 0.246 e. The first kappa shape index (κ1) is 18.1. The Morgan fingerprint density at radius 1 is 1.14 bits per heavy atom. The summed E-state index contributed by atoms with van der Waals surface area (Å²) in [4.78, 5) is 0.363. The van der Waals surface area contributed by atoms with Crippen LogP contribution in [0.25, 0.3) is 0 Å². The van der Waals surface area contributed by atoms with E-state index >= 15 is 0 Å². The molecule has 1 rings (SSSR count). The smallest absolute Gasteiger partial charge is 0.246 e. The van der Waals surface area contributed by atoms with Crippen molar-refractivity contribution in [3.8, 4) is 0 Å². The third kappa shape index (κ3) is 4.05. The zero-order chi connectivity index (χ0) is 16.0. The van der Waals surface area contributed by atoms with Crippen molar-refractivity contribution in [1.82, 2.24) is 19.4 Å². The van der Waals surface area contributed by atoms with Gasteiger partial charge < -0.3 is 5.32 Å². The van der Waals surface area contributed by atoms with Crippen molar-refractivity contribution in [2.24, 2.45) is 0 Å². The summed E-state index contributed by atoms with van der Waals surface area (Å²) in [7, 11) is -3.45. The van der Waals surface area contributed by atoms with Gasteiger partial charge in [-0.2, -0.15) is 9.40 Å². The molecule has 7 heteroatoms. The summed E-state index contributed by atoms with van der Waals surface area (Å²) in [6.07, 6.45) is 1.08. The molecule has 1 N–H and O–H groups in total. The van der Waals surface area contributed by atoms with Gasteiger partial charge in [-0.25, -0.2) is 8.42 Å². The van der Waals surface area contributed by atoms with Crippen LogP contribution in [0.1, 0.15) is 38.6 Å². The molecule has 0 aliphatic carbocycles. The van der Waals surface area contributed by atoms with Crippen LogP contribution in [0.4, 0.5) is 0 Å². The maximum absolute atomic E-state index is 12.7. The molecule has 6 nitrogen and oxygen atoms in total. The van der Waals surface area contributed by atoms with E-state index in [1.54, 1.807) is 11.6 Å². The topological polar surface area (TPSA) is 67.2 Å². The van der Waals surface area contributed by atoms with E-state index in [0.717, 1.165) is 25.2 Å². The minimum atomic E-state index is -3.45. The minimum absolute atomic E-state index is 0.363. The van der Waals surface area contributed by atoms with Crippen molar-refractivity contribution in [2.45, 2.75) is 52.5 Å². The molecule has 0 aliphatic heterocycles. The molecule has 0 bridgehead atoms. The van der Waals surface area contributed by atoms with E-state index < -0.39 is 10.0 Å². The molecule has 0 radical (unpaired) electrons. The first-order valence-corrected chi connectivity index (χ1v) is 9.08. The molecule has 0 aliphatic rings. The third-order valence-corrected chi connectivity index (χ3v) is 5.85. The van der Waals surface area contributed by atoms with Gasteiger partial charge in [0.15, 0.2) is 0 Å². The Labute approximate surface area is 128 Å². The number of rotatable bonds is 9. The van der Waals surface area contributed by atoms with Crippen LogP contribution in [-0.4, -0.2) is 48.7 Å². The molecule has 0 saturated carbocycles. The lowest BCUT2D eigenvalue weighted by Gasteiger charge is -2.18. The van der Waals surface area contributed by atoms with Crippen LogP contribution >= 0.6 is 0 Å². The Balaban J connectivity index is 3.02. The molecule has 122 valence electrons. The predicted octanol–water partition coefficient (Wildman–Crippen LogP) is 1.53. The Hall–Kier alpha value is -0.920. The second-order valence-electron chi connectivity index (χ2n) is 5.06. The third-order valence-electron chi connectivity index (χ3n) is 3.55. The van der Waals surface area contributed by atoms with Crippen LogP contribution in [-0.2, 0) is 16.6 Å². The lowest BCUT2D eigenvalue weighted by molar-refractivity contribution is 0.444. The molecule has 0 spiro atoms. The van der Waals surface area contributed by atoms with E-state index in [-0.39, 0.29) is 0 Å². The van der Waals surface area contributed by atoms with Gasteiger partial charge >= 0.3 is 0 Å². The molecule has 0 amide bonds. The SMILES string of the molecule is CCCNCCn1nc(C)c(S(=O)(=O)N(CC)CC)c1C. The molecule has 1 heterocycles. The van der Waals surface area contributed by atoms with E-state index in [4.69, 9.17) is 0 Å². The summed E-state index contributed by atoms with van der Waals surface area (Å²) in [5, 5.41) is 7.70. The molecule has 0 saturated heterocycles. The number of nitrogens with one attached hydrogen (secondary N) is 1. The first-order chi connectivity index (χ1) is 9.89. The summed E-state index contributed by atoms with van der Waals surface area (Å²) in [5.74, 6) is 0. The summed E-state index contributed by atoms with van der Waals surface area (Å²) < 4.78 is 28.6. The van der Waals surface area contributed by atoms with Gasteiger partial charge in [0.2, 0.25) is 10.0 Å². The van der Waals surface area contributed by atoms with Crippen LogP contribution in [0, 0.1) is 13.8 Å². The van der Waals surface area contributed by atoms with Gasteiger partial charge in [-0.05, 0) is 26.8 Å². The van der Waals surface area contributed by atoms with Crippen LogP contribution < -0.4 is 5.32 Å². The summed E-state index contributed by atoms with van der Waals surface area (Å²) in [6.45, 7) is 12.8. The number of hydrogen-bond acceptors (Lipinski definition) is 4. The van der Waals surface area contributed by atoms with E-state index in [0.29, 0.717) is 30.2 Å². The second-order valence-corrected chi connectivity index (χ2v) is 6.94. The van der Waals surface area contributed by atoms with Gasteiger partial charge in [-0.1, -0.05) is 20.8 Å². The summed E-state index contributed by atoms with van der Waals surface area (Å²) in [6, 6.07) is 0. The number of sulfonamides is 1. The first-order valence-electron chi connectivity index (χ1n) is 7.64. The van der Waals surface area contributed by atoms with Gasteiger partial charge in [-0.15, -0.1) is 0 Å². The van der Waals surface area contributed by atoms with Gasteiger partial charge in [-0.3, -0.25) is 4.68 Å². The van der Waals surface area contributed by atoms with Gasteiger partial charge in [0, 0.05) is 19.6 Å². The number of aromatic nitrogens is 2. The van der Waals surface area contributed by atoms with Crippen molar-refractivity contribution in [1.29, 1.82) is 0 Å². The zero-order valence-electron chi connectivity index (χ0n) is 13.8. The van der Waals surface area contributed by atoms with Crippen LogP contribution in [0.5, 0.6) is 0 Å². The predicted molar refractivity (Wildman–Crippen MR) is 85.0 cm³/mol. The van der Waals surface area contributed by atoms with Crippen molar-refractivity contribution < 1.29 is 8.42 Å². The van der Waals surface area contributed by atoms with E-state index in [1.807, 2.05) is 20.8 Å². The molecule has 0 atom stereocenters. The van der Waals surface area contributed by atoms with Crippen molar-refractivity contribution in [3.05, 3.63) is 11.4 Å². The van der Waals surface area contributed by atoms with E-state index in [1.165, 1.54) is 4.31 Å². The maximum atomic E-state index is 12.7. The number of nitrogens with zero attached hydrogens (tertiary/aromatic N) is 3. The zero-order valence-corrected chi connectivity index (χ0v) is 14.6. The van der Waals surface area contributed by atoms with Crippen molar-refractivity contribution in [2.75, 3.05) is 26.2 Å². The van der Waals surface area contributed by atoms with Crippen LogP contribution in [0.3, 0.4) is 0 Å². The van der Waals surface area contributed by atoms with Gasteiger partial charge in [0.05, 0.1) is 17.9 Å². The average molecular weight is 316 g/mol. The highest BCUT2D eigenvalue weighted by Gasteiger charge is 2.28. The quantitative estimate of drug-likeness (QED) is 0.702. The molecule has 0 unspecified atom stereocenters. The monoisotopic (exact) mass is 316 g/mol. The van der Waals surface area contributed by atoms with Crippen molar-refractivity contribution in [3.63, 3.8) is 0 Å². The van der Waals surface area contributed by atoms with Gasteiger partial charge in [0.1, 0.15) is 4.90 Å². The number of hydrogen-bond donors (Lipinski definition) is 1. The van der Waals surface area contributed by atoms with Crippen LogP contribution in [0.15, 0.2) is 4.90 Å². The minimum Gasteiger partial charge on any atom is -0.315 e. The summed E-state index contributed by atoms with van der Waals surface area (Å²) in [5.41, 5.74) is 1.30. The number of aryl methyl sites for hydroxylation is 1. The fraction of sp³-hybridized carbons (Fsp3) is 0.786. The Morgan fingerprint density at radius 2 is 1.76 bits per heavy atom. The van der Waals surface area contributed by atoms with E-state index in [2.05, 4.69) is 17.3 Å². The Morgan fingerprint density at radius 3 is 2.29 bits per heavy atom. The Bertz CT molecular complexity index is 548. The highest BCUT2D eigenvalue weighted by molar-refractivity contribution is 7.89. The molecule has 0 aromatic carbocycles. The van der Waals surface area contributed by atoms with Gasteiger partial charge in [0.25, 0.3) is 0 Å². The largest absolute Gasteiger partial charge is 0.315 e. The lowest BCUT2D eigenvalue weighted by Crippen LogP contribution is -2.31. The highest BCUT2D eigenvalue weighted by atomic mass is 32.2. The molecule has 0 fully saturated rings. The molecular weight excluding hydrogens is 288 g/mol. The van der Waals surface area contributed by atoms with Crippen molar-refractivity contribution >= 4 is 10.0 Å². The lowest BCUT2D eigenvalue weighted by atomic mass is 10.4.